The van der Waals surface area contributed by atoms with E-state index in [0.717, 1.165) is 12.0 Å². The SMILES string of the molecule is [O]CCCC(CCF)c1ccccc1. The minimum atomic E-state index is -0.307. The zero-order valence-electron chi connectivity index (χ0n) is 8.29. The van der Waals surface area contributed by atoms with Crippen LogP contribution in [0.5, 0.6) is 0 Å². The second-order valence-corrected chi connectivity index (χ2v) is 3.43. The van der Waals surface area contributed by atoms with Crippen molar-refractivity contribution in [3.63, 3.8) is 0 Å². The Morgan fingerprint density at radius 3 is 2.43 bits per heavy atom. The van der Waals surface area contributed by atoms with Crippen molar-refractivity contribution in [2.24, 2.45) is 0 Å². The number of benzene rings is 1. The van der Waals surface area contributed by atoms with Gasteiger partial charge in [-0.3, -0.25) is 4.39 Å². The number of hydrogen-bond acceptors (Lipinski definition) is 0. The van der Waals surface area contributed by atoms with Gasteiger partial charge < -0.3 is 0 Å². The van der Waals surface area contributed by atoms with Crippen LogP contribution in [0.4, 0.5) is 4.39 Å². The third kappa shape index (κ3) is 3.46. The van der Waals surface area contributed by atoms with E-state index in [0.29, 0.717) is 12.8 Å². The lowest BCUT2D eigenvalue weighted by atomic mass is 9.92. The molecule has 1 aromatic carbocycles. The summed E-state index contributed by atoms with van der Waals surface area (Å²) in [6.45, 7) is -0.367. The van der Waals surface area contributed by atoms with Gasteiger partial charge in [-0.15, -0.1) is 0 Å². The molecule has 0 aliphatic heterocycles. The number of alkyl halides is 1. The third-order valence-corrected chi connectivity index (χ3v) is 2.43. The summed E-state index contributed by atoms with van der Waals surface area (Å²) >= 11 is 0. The van der Waals surface area contributed by atoms with Crippen LogP contribution in [0.2, 0.25) is 0 Å². The van der Waals surface area contributed by atoms with Crippen molar-refractivity contribution in [2.45, 2.75) is 25.2 Å². The molecule has 77 valence electrons. The molecule has 1 aromatic rings. The molecule has 1 rings (SSSR count). The number of rotatable bonds is 6. The standard InChI is InChI=1S/C12H16FO/c13-9-8-12(7-4-10-14)11-5-2-1-3-6-11/h1-3,5-6,12H,4,7-10H2. The highest BCUT2D eigenvalue weighted by molar-refractivity contribution is 5.19. The van der Waals surface area contributed by atoms with E-state index in [1.807, 2.05) is 30.3 Å². The van der Waals surface area contributed by atoms with Gasteiger partial charge in [0, 0.05) is 0 Å². The maximum absolute atomic E-state index is 12.3. The second kappa shape index (κ2) is 6.55. The van der Waals surface area contributed by atoms with Crippen LogP contribution in [0, 0.1) is 0 Å². The first-order valence-electron chi connectivity index (χ1n) is 5.07. The van der Waals surface area contributed by atoms with Crippen LogP contribution in [0.15, 0.2) is 30.3 Å². The van der Waals surface area contributed by atoms with Crippen LogP contribution >= 0.6 is 0 Å². The molecule has 14 heavy (non-hydrogen) atoms. The van der Waals surface area contributed by atoms with Gasteiger partial charge in [0.2, 0.25) is 0 Å². The molecule has 1 nitrogen and oxygen atoms in total. The molecule has 0 spiro atoms. The first kappa shape index (κ1) is 11.2. The Morgan fingerprint density at radius 2 is 1.86 bits per heavy atom. The molecule has 0 amide bonds. The van der Waals surface area contributed by atoms with Crippen molar-refractivity contribution in [2.75, 3.05) is 13.3 Å². The van der Waals surface area contributed by atoms with Crippen molar-refractivity contribution in [1.82, 2.24) is 0 Å². The summed E-state index contributed by atoms with van der Waals surface area (Å²) in [6.07, 6.45) is 1.97. The zero-order valence-corrected chi connectivity index (χ0v) is 8.29. The Morgan fingerprint density at radius 1 is 1.14 bits per heavy atom. The Kier molecular flexibility index (Phi) is 5.23. The molecule has 0 heterocycles. The highest BCUT2D eigenvalue weighted by atomic mass is 19.1. The number of hydrogen-bond donors (Lipinski definition) is 0. The molecule has 1 atom stereocenters. The quantitative estimate of drug-likeness (QED) is 0.663. The van der Waals surface area contributed by atoms with E-state index in [-0.39, 0.29) is 19.2 Å². The van der Waals surface area contributed by atoms with Gasteiger partial charge >= 0.3 is 0 Å². The summed E-state index contributed by atoms with van der Waals surface area (Å²) in [6, 6.07) is 9.87. The van der Waals surface area contributed by atoms with Crippen LogP contribution < -0.4 is 0 Å². The maximum atomic E-state index is 12.3. The van der Waals surface area contributed by atoms with Gasteiger partial charge in [0.15, 0.2) is 0 Å². The smallest absolute Gasteiger partial charge is 0.0900 e. The van der Waals surface area contributed by atoms with Crippen LogP contribution in [-0.4, -0.2) is 13.3 Å². The normalized spacial score (nSPS) is 12.7. The van der Waals surface area contributed by atoms with Crippen molar-refractivity contribution in [3.8, 4) is 0 Å². The monoisotopic (exact) mass is 195 g/mol. The van der Waals surface area contributed by atoms with Crippen LogP contribution in [-0.2, 0) is 5.11 Å². The van der Waals surface area contributed by atoms with Gasteiger partial charge in [-0.25, -0.2) is 5.11 Å². The molecule has 0 bridgehead atoms. The Balaban J connectivity index is 2.58. The lowest BCUT2D eigenvalue weighted by molar-refractivity contribution is 0.183. The van der Waals surface area contributed by atoms with Gasteiger partial charge in [-0.05, 0) is 30.7 Å². The molecule has 0 aromatic heterocycles. The Hall–Kier alpha value is -0.890. The first-order chi connectivity index (χ1) is 6.88. The fraction of sp³-hybridized carbons (Fsp3) is 0.500. The molecular formula is C12H16FO. The summed E-state index contributed by atoms with van der Waals surface area (Å²) in [4.78, 5) is 0. The van der Waals surface area contributed by atoms with Crippen molar-refractivity contribution < 1.29 is 9.50 Å². The van der Waals surface area contributed by atoms with Crippen LogP contribution in [0.25, 0.3) is 0 Å². The predicted molar refractivity (Wildman–Crippen MR) is 54.6 cm³/mol. The highest BCUT2D eigenvalue weighted by Gasteiger charge is 2.10. The fourth-order valence-corrected chi connectivity index (χ4v) is 1.66. The van der Waals surface area contributed by atoms with Gasteiger partial charge in [0.1, 0.15) is 0 Å². The fourth-order valence-electron chi connectivity index (χ4n) is 1.66. The molecule has 0 saturated carbocycles. The maximum Gasteiger partial charge on any atom is 0.0900 e. The summed E-state index contributed by atoms with van der Waals surface area (Å²) in [5, 5.41) is 10.4. The zero-order chi connectivity index (χ0) is 10.2. The average molecular weight is 195 g/mol. The summed E-state index contributed by atoms with van der Waals surface area (Å²) < 4.78 is 12.3. The Bertz CT molecular complexity index is 235. The molecule has 1 radical (unpaired) electrons. The van der Waals surface area contributed by atoms with Crippen LogP contribution in [0.3, 0.4) is 0 Å². The van der Waals surface area contributed by atoms with Gasteiger partial charge in [0.05, 0.1) is 13.3 Å². The van der Waals surface area contributed by atoms with E-state index in [2.05, 4.69) is 0 Å². The molecule has 2 heteroatoms. The molecule has 0 aliphatic rings. The first-order valence-corrected chi connectivity index (χ1v) is 5.07. The summed E-state index contributed by atoms with van der Waals surface area (Å²) in [7, 11) is 0. The topological polar surface area (TPSA) is 19.9 Å². The molecule has 0 N–H and O–H groups in total. The molecule has 0 saturated heterocycles. The van der Waals surface area contributed by atoms with E-state index in [1.165, 1.54) is 0 Å². The molecule has 0 fully saturated rings. The van der Waals surface area contributed by atoms with E-state index >= 15 is 0 Å². The number of halogens is 1. The highest BCUT2D eigenvalue weighted by Crippen LogP contribution is 2.24. The van der Waals surface area contributed by atoms with E-state index in [9.17, 15) is 9.50 Å². The Labute approximate surface area is 84.6 Å². The van der Waals surface area contributed by atoms with Gasteiger partial charge in [-0.1, -0.05) is 30.3 Å². The van der Waals surface area contributed by atoms with Crippen molar-refractivity contribution in [3.05, 3.63) is 35.9 Å². The lowest BCUT2D eigenvalue weighted by Crippen LogP contribution is -2.01. The lowest BCUT2D eigenvalue weighted by Gasteiger charge is -2.14. The molecule has 1 unspecified atom stereocenters. The third-order valence-electron chi connectivity index (χ3n) is 2.43. The minimum Gasteiger partial charge on any atom is -0.251 e. The second-order valence-electron chi connectivity index (χ2n) is 3.43. The minimum absolute atomic E-state index is 0.0599. The summed E-state index contributed by atoms with van der Waals surface area (Å²) in [5.74, 6) is 0.218. The summed E-state index contributed by atoms with van der Waals surface area (Å²) in [5.41, 5.74) is 1.15. The van der Waals surface area contributed by atoms with E-state index in [1.54, 1.807) is 0 Å². The van der Waals surface area contributed by atoms with E-state index in [4.69, 9.17) is 0 Å². The molecular weight excluding hydrogens is 179 g/mol. The van der Waals surface area contributed by atoms with Gasteiger partial charge in [-0.2, -0.15) is 0 Å². The largest absolute Gasteiger partial charge is 0.251 e. The molecule has 0 aliphatic carbocycles. The van der Waals surface area contributed by atoms with Crippen molar-refractivity contribution in [1.29, 1.82) is 0 Å². The average Bonchev–Trinajstić information content (AvgIpc) is 2.25. The van der Waals surface area contributed by atoms with E-state index < -0.39 is 0 Å². The predicted octanol–water partition coefficient (Wildman–Crippen LogP) is 3.34. The van der Waals surface area contributed by atoms with Crippen LogP contribution in [0.1, 0.15) is 30.7 Å². The van der Waals surface area contributed by atoms with Crippen molar-refractivity contribution >= 4 is 0 Å². The van der Waals surface area contributed by atoms with Gasteiger partial charge in [0.25, 0.3) is 0 Å².